The fourth-order valence-electron chi connectivity index (χ4n) is 2.42. The smallest absolute Gasteiger partial charge is 0.408 e. The Morgan fingerprint density at radius 2 is 1.83 bits per heavy atom. The first-order chi connectivity index (χ1) is 13.4. The molecule has 29 heavy (non-hydrogen) atoms. The lowest BCUT2D eigenvalue weighted by Crippen LogP contribution is -2.40. The van der Waals surface area contributed by atoms with Crippen LogP contribution in [0.5, 0.6) is 0 Å². The minimum absolute atomic E-state index is 0. The largest absolute Gasteiger partial charge is 0.444 e. The number of nitrogens with one attached hydrogen (secondary N) is 3. The number of benzene rings is 1. The molecule has 0 fully saturated rings. The first kappa shape index (κ1) is 27.5. The summed E-state index contributed by atoms with van der Waals surface area (Å²) in [6.45, 7) is 12.9. The molecule has 0 saturated heterocycles. The maximum atomic E-state index is 12.3. The molecule has 1 unspecified atom stereocenters. The highest BCUT2D eigenvalue weighted by Crippen LogP contribution is 2.15. The quantitative estimate of drug-likeness (QED) is 0.189. The number of aliphatic imine (C=N–C) groups is 1. The van der Waals surface area contributed by atoms with Crippen LogP contribution in [0.2, 0.25) is 0 Å². The molecule has 0 aromatic heterocycles. The average molecular weight is 520 g/mol. The second-order valence-corrected chi connectivity index (χ2v) is 7.31. The van der Waals surface area contributed by atoms with Crippen LogP contribution >= 0.6 is 24.0 Å². The van der Waals surface area contributed by atoms with Gasteiger partial charge in [0.25, 0.3) is 0 Å². The highest BCUT2D eigenvalue weighted by Gasteiger charge is 2.20. The predicted molar refractivity (Wildman–Crippen MR) is 129 cm³/mol. The van der Waals surface area contributed by atoms with Crippen molar-refractivity contribution in [1.29, 1.82) is 0 Å². The number of hydrogen-bond acceptors (Lipinski definition) is 4. The molecule has 0 bridgehead atoms. The third kappa shape index (κ3) is 13.3. The standard InChI is InChI=1S/C21H36N4O3.HI/c1-6-22-19(23-14-11-15-27-7-2)24-16-18(17-12-9-8-10-13-17)25-20(26)28-21(3,4)5;/h8-10,12-13,18H,6-7,11,14-16H2,1-5H3,(H,25,26)(H2,22,23,24);1H. The van der Waals surface area contributed by atoms with Crippen LogP contribution < -0.4 is 16.0 Å². The van der Waals surface area contributed by atoms with E-state index in [1.807, 2.05) is 65.0 Å². The molecule has 0 aliphatic heterocycles. The summed E-state index contributed by atoms with van der Waals surface area (Å²) in [5, 5.41) is 9.45. The van der Waals surface area contributed by atoms with Crippen molar-refractivity contribution in [2.45, 2.75) is 52.7 Å². The molecular formula is C21H37IN4O3. The number of carbonyl (C=O) groups is 1. The minimum atomic E-state index is -0.550. The molecule has 3 N–H and O–H groups in total. The van der Waals surface area contributed by atoms with Crippen LogP contribution in [0.1, 0.15) is 52.6 Å². The van der Waals surface area contributed by atoms with Gasteiger partial charge in [-0.05, 0) is 46.6 Å². The van der Waals surface area contributed by atoms with Crippen molar-refractivity contribution in [3.05, 3.63) is 35.9 Å². The predicted octanol–water partition coefficient (Wildman–Crippen LogP) is 3.85. The zero-order chi connectivity index (χ0) is 20.8. The van der Waals surface area contributed by atoms with Crippen LogP contribution in [0.3, 0.4) is 0 Å². The van der Waals surface area contributed by atoms with Gasteiger partial charge in [-0.3, -0.25) is 4.99 Å². The molecule has 166 valence electrons. The number of alkyl carbamates (subject to hydrolysis) is 1. The number of carbonyl (C=O) groups excluding carboxylic acids is 1. The molecular weight excluding hydrogens is 483 g/mol. The van der Waals surface area contributed by atoms with Gasteiger partial charge in [-0.2, -0.15) is 0 Å². The normalized spacial score (nSPS) is 12.5. The third-order valence-corrected chi connectivity index (χ3v) is 3.63. The number of nitrogens with zero attached hydrogens (tertiary/aromatic N) is 1. The molecule has 1 atom stereocenters. The lowest BCUT2D eigenvalue weighted by atomic mass is 10.1. The fourth-order valence-corrected chi connectivity index (χ4v) is 2.42. The van der Waals surface area contributed by atoms with E-state index in [4.69, 9.17) is 9.47 Å². The summed E-state index contributed by atoms with van der Waals surface area (Å²) in [4.78, 5) is 16.9. The van der Waals surface area contributed by atoms with E-state index in [1.165, 1.54) is 0 Å². The van der Waals surface area contributed by atoms with Gasteiger partial charge in [-0.15, -0.1) is 24.0 Å². The average Bonchev–Trinajstić information content (AvgIpc) is 2.64. The van der Waals surface area contributed by atoms with Crippen molar-refractivity contribution in [2.75, 3.05) is 32.8 Å². The van der Waals surface area contributed by atoms with Crippen LogP contribution in [-0.4, -0.2) is 50.5 Å². The number of rotatable bonds is 10. The Morgan fingerprint density at radius 3 is 2.41 bits per heavy atom. The zero-order valence-corrected chi connectivity index (χ0v) is 20.6. The second-order valence-electron chi connectivity index (χ2n) is 7.31. The van der Waals surface area contributed by atoms with E-state index in [9.17, 15) is 4.79 Å². The van der Waals surface area contributed by atoms with Gasteiger partial charge in [0.2, 0.25) is 0 Å². The molecule has 0 aliphatic carbocycles. The van der Waals surface area contributed by atoms with Crippen molar-refractivity contribution in [2.24, 2.45) is 4.99 Å². The van der Waals surface area contributed by atoms with Crippen LogP contribution in [0, 0.1) is 0 Å². The SMILES string of the molecule is CCNC(=NCC(NC(=O)OC(C)(C)C)c1ccccc1)NCCCOCC.I. The summed E-state index contributed by atoms with van der Waals surface area (Å²) >= 11 is 0. The summed E-state index contributed by atoms with van der Waals surface area (Å²) in [5.74, 6) is 0.714. The number of amides is 1. The molecule has 0 saturated carbocycles. The van der Waals surface area contributed by atoms with Gasteiger partial charge in [0.05, 0.1) is 12.6 Å². The van der Waals surface area contributed by atoms with Gasteiger partial charge in [-0.1, -0.05) is 30.3 Å². The lowest BCUT2D eigenvalue weighted by Gasteiger charge is -2.23. The minimum Gasteiger partial charge on any atom is -0.444 e. The van der Waals surface area contributed by atoms with E-state index in [0.717, 1.165) is 38.3 Å². The van der Waals surface area contributed by atoms with E-state index in [2.05, 4.69) is 20.9 Å². The Labute approximate surface area is 192 Å². The summed E-state index contributed by atoms with van der Waals surface area (Å²) in [5.41, 5.74) is 0.426. The Balaban J connectivity index is 0.00000784. The van der Waals surface area contributed by atoms with E-state index in [-0.39, 0.29) is 30.0 Å². The first-order valence-electron chi connectivity index (χ1n) is 10.00. The summed E-state index contributed by atoms with van der Waals surface area (Å²) < 4.78 is 10.8. The fraction of sp³-hybridized carbons (Fsp3) is 0.619. The Kier molecular flexibility index (Phi) is 14.5. The zero-order valence-electron chi connectivity index (χ0n) is 18.3. The van der Waals surface area contributed by atoms with E-state index >= 15 is 0 Å². The summed E-state index contributed by atoms with van der Waals surface area (Å²) in [7, 11) is 0. The molecule has 1 rings (SSSR count). The van der Waals surface area contributed by atoms with Crippen LogP contribution in [-0.2, 0) is 9.47 Å². The van der Waals surface area contributed by atoms with Gasteiger partial charge in [0.1, 0.15) is 5.60 Å². The molecule has 1 aromatic rings. The number of hydrogen-bond donors (Lipinski definition) is 3. The molecule has 0 spiro atoms. The molecule has 8 heteroatoms. The monoisotopic (exact) mass is 520 g/mol. The third-order valence-electron chi connectivity index (χ3n) is 3.63. The van der Waals surface area contributed by atoms with Gasteiger partial charge in [-0.25, -0.2) is 4.79 Å². The Hall–Kier alpha value is -1.55. The van der Waals surface area contributed by atoms with Crippen molar-refractivity contribution in [1.82, 2.24) is 16.0 Å². The highest BCUT2D eigenvalue weighted by atomic mass is 127. The van der Waals surface area contributed by atoms with Crippen LogP contribution in [0.15, 0.2) is 35.3 Å². The summed E-state index contributed by atoms with van der Waals surface area (Å²) in [6, 6.07) is 9.50. The van der Waals surface area contributed by atoms with Gasteiger partial charge >= 0.3 is 6.09 Å². The molecule has 1 aromatic carbocycles. The molecule has 0 heterocycles. The van der Waals surface area contributed by atoms with Gasteiger partial charge in [0, 0.05) is 26.3 Å². The van der Waals surface area contributed by atoms with Crippen molar-refractivity contribution in [3.63, 3.8) is 0 Å². The molecule has 7 nitrogen and oxygen atoms in total. The lowest BCUT2D eigenvalue weighted by molar-refractivity contribution is 0.0505. The Bertz CT molecular complexity index is 591. The maximum Gasteiger partial charge on any atom is 0.408 e. The van der Waals surface area contributed by atoms with Gasteiger partial charge < -0.3 is 25.4 Å². The first-order valence-corrected chi connectivity index (χ1v) is 10.00. The number of halogens is 1. The van der Waals surface area contributed by atoms with E-state index in [0.29, 0.717) is 12.5 Å². The van der Waals surface area contributed by atoms with Crippen molar-refractivity contribution < 1.29 is 14.3 Å². The van der Waals surface area contributed by atoms with Crippen molar-refractivity contribution >= 4 is 36.0 Å². The highest BCUT2D eigenvalue weighted by molar-refractivity contribution is 14.0. The summed E-state index contributed by atoms with van der Waals surface area (Å²) in [6.07, 6.45) is 0.447. The van der Waals surface area contributed by atoms with Crippen molar-refractivity contribution in [3.8, 4) is 0 Å². The molecule has 0 aliphatic rings. The van der Waals surface area contributed by atoms with E-state index < -0.39 is 11.7 Å². The second kappa shape index (κ2) is 15.3. The van der Waals surface area contributed by atoms with E-state index in [1.54, 1.807) is 0 Å². The molecule has 0 radical (unpaired) electrons. The number of ether oxygens (including phenoxy) is 2. The van der Waals surface area contributed by atoms with Gasteiger partial charge in [0.15, 0.2) is 5.96 Å². The Morgan fingerprint density at radius 1 is 1.14 bits per heavy atom. The molecule has 1 amide bonds. The van der Waals surface area contributed by atoms with Crippen LogP contribution in [0.4, 0.5) is 4.79 Å². The topological polar surface area (TPSA) is 84.0 Å². The maximum absolute atomic E-state index is 12.3. The number of guanidine groups is 1. The van der Waals surface area contributed by atoms with Crippen LogP contribution in [0.25, 0.3) is 0 Å².